The maximum atomic E-state index is 12.5. The van der Waals surface area contributed by atoms with Gasteiger partial charge >= 0.3 is 5.97 Å². The molecule has 0 aliphatic carbocycles. The molecule has 1 heterocycles. The van der Waals surface area contributed by atoms with Crippen LogP contribution in [0, 0.1) is 11.8 Å². The van der Waals surface area contributed by atoms with E-state index in [9.17, 15) is 19.5 Å². The number of amides is 2. The first-order valence-corrected chi connectivity index (χ1v) is 8.33. The molecule has 7 heteroatoms. The fourth-order valence-corrected chi connectivity index (χ4v) is 2.95. The van der Waals surface area contributed by atoms with E-state index in [1.807, 2.05) is 6.92 Å². The summed E-state index contributed by atoms with van der Waals surface area (Å²) in [6, 6.07) is 5.87. The van der Waals surface area contributed by atoms with E-state index in [2.05, 4.69) is 5.32 Å². The number of carboxylic acids is 1. The number of carbonyl (C=O) groups excluding carboxylic acids is 2. The second-order valence-corrected chi connectivity index (χ2v) is 6.46. The zero-order valence-corrected chi connectivity index (χ0v) is 14.4. The molecule has 1 unspecified atom stereocenters. The molecule has 1 fully saturated rings. The SMILES string of the molecule is CC[C@H](C)[C@H](NC(=O)C1CCN(c2cccc(Cl)c2)C1=O)C(=O)O. The minimum absolute atomic E-state index is 0.216. The Labute approximate surface area is 145 Å². The molecule has 1 aliphatic rings. The summed E-state index contributed by atoms with van der Waals surface area (Å²) < 4.78 is 0. The largest absolute Gasteiger partial charge is 0.480 e. The lowest BCUT2D eigenvalue weighted by Crippen LogP contribution is -2.48. The zero-order valence-electron chi connectivity index (χ0n) is 13.7. The van der Waals surface area contributed by atoms with Crippen molar-refractivity contribution in [2.75, 3.05) is 11.4 Å². The number of hydrogen-bond donors (Lipinski definition) is 2. The molecule has 1 aliphatic heterocycles. The zero-order chi connectivity index (χ0) is 17.9. The number of benzene rings is 1. The van der Waals surface area contributed by atoms with Crippen molar-refractivity contribution in [2.24, 2.45) is 11.8 Å². The monoisotopic (exact) mass is 352 g/mol. The Morgan fingerprint density at radius 1 is 1.46 bits per heavy atom. The van der Waals surface area contributed by atoms with E-state index in [0.29, 0.717) is 30.1 Å². The maximum Gasteiger partial charge on any atom is 0.326 e. The Morgan fingerprint density at radius 2 is 2.17 bits per heavy atom. The normalized spacial score (nSPS) is 19.9. The Hall–Kier alpha value is -2.08. The van der Waals surface area contributed by atoms with Gasteiger partial charge in [0.1, 0.15) is 12.0 Å². The maximum absolute atomic E-state index is 12.5. The van der Waals surface area contributed by atoms with Crippen LogP contribution in [0.5, 0.6) is 0 Å². The van der Waals surface area contributed by atoms with Gasteiger partial charge in [-0.15, -0.1) is 0 Å². The summed E-state index contributed by atoms with van der Waals surface area (Å²) in [5.74, 6) is -3.03. The molecule has 2 rings (SSSR count). The van der Waals surface area contributed by atoms with Gasteiger partial charge < -0.3 is 15.3 Å². The number of carboxylic acid groups (broad SMARTS) is 1. The molecule has 1 saturated heterocycles. The molecule has 0 radical (unpaired) electrons. The van der Waals surface area contributed by atoms with Crippen LogP contribution in [0.1, 0.15) is 26.7 Å². The van der Waals surface area contributed by atoms with Gasteiger partial charge in [-0.25, -0.2) is 4.79 Å². The highest BCUT2D eigenvalue weighted by molar-refractivity contribution is 6.31. The number of anilines is 1. The number of carbonyl (C=O) groups is 3. The number of aliphatic carboxylic acids is 1. The lowest BCUT2D eigenvalue weighted by Gasteiger charge is -2.22. The van der Waals surface area contributed by atoms with Crippen molar-refractivity contribution in [1.29, 1.82) is 0 Å². The molecule has 0 saturated carbocycles. The van der Waals surface area contributed by atoms with Gasteiger partial charge in [0.2, 0.25) is 11.8 Å². The summed E-state index contributed by atoms with van der Waals surface area (Å²) >= 11 is 5.94. The van der Waals surface area contributed by atoms with Gasteiger partial charge in [-0.3, -0.25) is 9.59 Å². The van der Waals surface area contributed by atoms with Crippen molar-refractivity contribution >= 4 is 35.1 Å². The molecule has 2 amide bonds. The van der Waals surface area contributed by atoms with E-state index < -0.39 is 23.8 Å². The Kier molecular flexibility index (Phi) is 5.83. The summed E-state index contributed by atoms with van der Waals surface area (Å²) in [5, 5.41) is 12.3. The summed E-state index contributed by atoms with van der Waals surface area (Å²) in [6.45, 7) is 4.01. The highest BCUT2D eigenvalue weighted by Crippen LogP contribution is 2.27. The first-order valence-electron chi connectivity index (χ1n) is 7.95. The van der Waals surface area contributed by atoms with E-state index in [1.165, 1.54) is 4.90 Å². The molecule has 24 heavy (non-hydrogen) atoms. The first kappa shape index (κ1) is 18.3. The van der Waals surface area contributed by atoms with Crippen molar-refractivity contribution in [3.05, 3.63) is 29.3 Å². The van der Waals surface area contributed by atoms with Crippen LogP contribution in [0.3, 0.4) is 0 Å². The molecule has 1 aromatic rings. The van der Waals surface area contributed by atoms with E-state index in [0.717, 1.165) is 0 Å². The van der Waals surface area contributed by atoms with Crippen molar-refractivity contribution in [3.63, 3.8) is 0 Å². The summed E-state index contributed by atoms with van der Waals surface area (Å²) in [6.07, 6.45) is 0.967. The number of nitrogens with one attached hydrogen (secondary N) is 1. The molecule has 0 aromatic heterocycles. The van der Waals surface area contributed by atoms with E-state index in [1.54, 1.807) is 31.2 Å². The highest BCUT2D eigenvalue weighted by atomic mass is 35.5. The fraction of sp³-hybridized carbons (Fsp3) is 0.471. The number of hydrogen-bond acceptors (Lipinski definition) is 3. The van der Waals surface area contributed by atoms with Crippen molar-refractivity contribution < 1.29 is 19.5 Å². The Balaban J connectivity index is 2.09. The summed E-state index contributed by atoms with van der Waals surface area (Å²) in [5.41, 5.74) is 0.638. The first-order chi connectivity index (χ1) is 11.3. The van der Waals surface area contributed by atoms with Gasteiger partial charge in [0.15, 0.2) is 0 Å². The van der Waals surface area contributed by atoms with E-state index >= 15 is 0 Å². The molecule has 0 spiro atoms. The fourth-order valence-electron chi connectivity index (χ4n) is 2.76. The summed E-state index contributed by atoms with van der Waals surface area (Å²) in [4.78, 5) is 37.8. The molecule has 3 atom stereocenters. The Morgan fingerprint density at radius 3 is 2.75 bits per heavy atom. The summed E-state index contributed by atoms with van der Waals surface area (Å²) in [7, 11) is 0. The van der Waals surface area contributed by atoms with Crippen molar-refractivity contribution in [2.45, 2.75) is 32.7 Å². The van der Waals surface area contributed by atoms with Crippen molar-refractivity contribution in [1.82, 2.24) is 5.32 Å². The van der Waals surface area contributed by atoms with Crippen LogP contribution >= 0.6 is 11.6 Å². The molecule has 6 nitrogen and oxygen atoms in total. The average molecular weight is 353 g/mol. The second-order valence-electron chi connectivity index (χ2n) is 6.02. The number of halogens is 1. The van der Waals surface area contributed by atoms with Gasteiger partial charge in [-0.05, 0) is 30.5 Å². The predicted molar refractivity (Wildman–Crippen MR) is 90.9 cm³/mol. The van der Waals surface area contributed by atoms with Crippen LogP contribution < -0.4 is 10.2 Å². The van der Waals surface area contributed by atoms with Crippen LogP contribution in [-0.2, 0) is 14.4 Å². The lowest BCUT2D eigenvalue weighted by molar-refractivity contribution is -0.145. The number of nitrogens with zero attached hydrogens (tertiary/aromatic N) is 1. The van der Waals surface area contributed by atoms with Crippen LogP contribution in [-0.4, -0.2) is 35.5 Å². The van der Waals surface area contributed by atoms with Crippen LogP contribution in [0.2, 0.25) is 5.02 Å². The minimum Gasteiger partial charge on any atom is -0.480 e. The number of rotatable bonds is 6. The van der Waals surface area contributed by atoms with Gasteiger partial charge in [-0.1, -0.05) is 37.9 Å². The minimum atomic E-state index is -1.09. The van der Waals surface area contributed by atoms with Crippen molar-refractivity contribution in [3.8, 4) is 0 Å². The third-order valence-corrected chi connectivity index (χ3v) is 4.65. The van der Waals surface area contributed by atoms with E-state index in [-0.39, 0.29) is 11.8 Å². The second kappa shape index (κ2) is 7.66. The third-order valence-electron chi connectivity index (χ3n) is 4.42. The lowest BCUT2D eigenvalue weighted by atomic mass is 9.98. The van der Waals surface area contributed by atoms with Gasteiger partial charge in [-0.2, -0.15) is 0 Å². The molecule has 1 aromatic carbocycles. The standard InChI is InChI=1S/C17H21ClN2O4/c1-3-10(2)14(17(23)24)19-15(21)13-7-8-20(16(13)22)12-6-4-5-11(18)9-12/h4-6,9-10,13-14H,3,7-8H2,1-2H3,(H,19,21)(H,23,24)/t10-,13?,14-/m0/s1. The van der Waals surface area contributed by atoms with E-state index in [4.69, 9.17) is 11.6 Å². The highest BCUT2D eigenvalue weighted by Gasteiger charge is 2.39. The van der Waals surface area contributed by atoms with Crippen LogP contribution in [0.4, 0.5) is 5.69 Å². The van der Waals surface area contributed by atoms with Crippen LogP contribution in [0.25, 0.3) is 0 Å². The van der Waals surface area contributed by atoms with Gasteiger partial charge in [0.05, 0.1) is 0 Å². The van der Waals surface area contributed by atoms with Gasteiger partial charge in [0.25, 0.3) is 0 Å². The quantitative estimate of drug-likeness (QED) is 0.769. The molecular formula is C17H21ClN2O4. The predicted octanol–water partition coefficient (Wildman–Crippen LogP) is 2.31. The third kappa shape index (κ3) is 3.87. The molecule has 2 N–H and O–H groups in total. The van der Waals surface area contributed by atoms with Crippen LogP contribution in [0.15, 0.2) is 24.3 Å². The molecule has 130 valence electrons. The topological polar surface area (TPSA) is 86.7 Å². The average Bonchev–Trinajstić information content (AvgIpc) is 2.93. The molecular weight excluding hydrogens is 332 g/mol. The smallest absolute Gasteiger partial charge is 0.326 e. The Bertz CT molecular complexity index is 649. The molecule has 0 bridgehead atoms. The van der Waals surface area contributed by atoms with Gasteiger partial charge in [0, 0.05) is 17.3 Å².